The molecule has 0 N–H and O–H groups in total. The Morgan fingerprint density at radius 3 is 2.76 bits per heavy atom. The molecule has 33 heavy (non-hydrogen) atoms. The number of benzene rings is 2. The van der Waals surface area contributed by atoms with E-state index in [1.807, 2.05) is 48.5 Å². The van der Waals surface area contributed by atoms with Crippen LogP contribution in [0.15, 0.2) is 84.9 Å². The van der Waals surface area contributed by atoms with Gasteiger partial charge in [-0.25, -0.2) is 4.79 Å². The minimum absolute atomic E-state index is 0.0885. The summed E-state index contributed by atoms with van der Waals surface area (Å²) in [6.45, 7) is 0. The number of hydrogen-bond acceptors (Lipinski definition) is 7. The van der Waals surface area contributed by atoms with E-state index in [1.54, 1.807) is 28.4 Å². The Kier molecular flexibility index (Phi) is 4.51. The lowest BCUT2D eigenvalue weighted by molar-refractivity contribution is 0.559. The van der Waals surface area contributed by atoms with Crippen molar-refractivity contribution in [2.75, 3.05) is 5.75 Å². The van der Waals surface area contributed by atoms with E-state index in [0.29, 0.717) is 40.0 Å². The molecule has 0 atom stereocenters. The maximum absolute atomic E-state index is 12.6. The van der Waals surface area contributed by atoms with Crippen LogP contribution in [-0.2, 0) is 13.5 Å². The number of aryl methyl sites for hydroxylation is 1. The molecule has 0 amide bonds. The van der Waals surface area contributed by atoms with Crippen LogP contribution in [0.4, 0.5) is 0 Å². The molecule has 0 saturated carbocycles. The molecule has 1 aliphatic rings. The van der Waals surface area contributed by atoms with Crippen LogP contribution in [-0.4, -0.2) is 30.9 Å². The Bertz CT molecular complexity index is 1710. The second kappa shape index (κ2) is 7.56. The Morgan fingerprint density at radius 1 is 1.03 bits per heavy atom. The summed E-state index contributed by atoms with van der Waals surface area (Å²) in [6.07, 6.45) is 0.382. The summed E-state index contributed by atoms with van der Waals surface area (Å²) in [4.78, 5) is 25.1. The van der Waals surface area contributed by atoms with Gasteiger partial charge in [-0.3, -0.25) is 4.79 Å². The van der Waals surface area contributed by atoms with Crippen LogP contribution >= 0.6 is 11.8 Å². The zero-order valence-electron chi connectivity index (χ0n) is 17.6. The molecule has 0 fully saturated rings. The molecule has 0 spiro atoms. The Balaban J connectivity index is 1.45. The molecule has 0 saturated heterocycles. The highest BCUT2D eigenvalue weighted by atomic mass is 32.2. The highest BCUT2D eigenvalue weighted by Crippen LogP contribution is 2.26. The van der Waals surface area contributed by atoms with Crippen molar-refractivity contribution in [2.24, 2.45) is 12.1 Å². The Labute approximate surface area is 191 Å². The zero-order valence-corrected chi connectivity index (χ0v) is 18.4. The lowest BCUT2D eigenvalue weighted by atomic mass is 10.1. The number of hydrogen-bond donors (Lipinski definition) is 0. The van der Waals surface area contributed by atoms with Crippen LogP contribution in [0.25, 0.3) is 21.9 Å². The number of para-hydroxylation sites is 2. The van der Waals surface area contributed by atoms with Crippen molar-refractivity contribution in [3.05, 3.63) is 98.4 Å². The molecule has 0 bridgehead atoms. The molecule has 0 radical (unpaired) electrons. The van der Waals surface area contributed by atoms with Gasteiger partial charge in [0.1, 0.15) is 5.58 Å². The third kappa shape index (κ3) is 3.28. The molecule has 3 aromatic heterocycles. The second-order valence-corrected chi connectivity index (χ2v) is 8.73. The number of thioether (sulfide) groups is 1. The van der Waals surface area contributed by atoms with E-state index in [0.717, 1.165) is 21.9 Å². The summed E-state index contributed by atoms with van der Waals surface area (Å²) in [7, 11) is 1.76. The lowest BCUT2D eigenvalue weighted by Gasteiger charge is -2.14. The van der Waals surface area contributed by atoms with Crippen molar-refractivity contribution >= 4 is 39.3 Å². The van der Waals surface area contributed by atoms with Crippen molar-refractivity contribution in [1.29, 1.82) is 0 Å². The SMILES string of the molecule is Cn1c(=O)cc(Cc2nnc3n2N=C(c2cc4ccccc4oc2=O)CS3)c2ccccc21. The van der Waals surface area contributed by atoms with Gasteiger partial charge < -0.3 is 8.98 Å². The van der Waals surface area contributed by atoms with Gasteiger partial charge in [0.15, 0.2) is 5.82 Å². The van der Waals surface area contributed by atoms with Crippen LogP contribution in [0.2, 0.25) is 0 Å². The fraction of sp³-hybridized carbons (Fsp3) is 0.125. The van der Waals surface area contributed by atoms with E-state index in [1.165, 1.54) is 11.8 Å². The monoisotopic (exact) mass is 455 g/mol. The maximum Gasteiger partial charge on any atom is 0.345 e. The third-order valence-electron chi connectivity index (χ3n) is 5.78. The van der Waals surface area contributed by atoms with Gasteiger partial charge in [-0.15, -0.1) is 10.2 Å². The quantitative estimate of drug-likeness (QED) is 0.388. The van der Waals surface area contributed by atoms with Crippen LogP contribution in [0, 0.1) is 0 Å². The van der Waals surface area contributed by atoms with Crippen molar-refractivity contribution in [1.82, 2.24) is 19.4 Å². The largest absolute Gasteiger partial charge is 0.422 e. The average Bonchev–Trinajstić information content (AvgIpc) is 3.24. The smallest absolute Gasteiger partial charge is 0.345 e. The van der Waals surface area contributed by atoms with Gasteiger partial charge in [0, 0.05) is 36.1 Å². The van der Waals surface area contributed by atoms with Gasteiger partial charge in [0.2, 0.25) is 5.16 Å². The van der Waals surface area contributed by atoms with Crippen molar-refractivity contribution in [3.8, 4) is 0 Å². The second-order valence-electron chi connectivity index (χ2n) is 7.79. The van der Waals surface area contributed by atoms with Crippen LogP contribution < -0.4 is 11.2 Å². The zero-order chi connectivity index (χ0) is 22.5. The molecule has 162 valence electrons. The molecule has 5 aromatic rings. The summed E-state index contributed by atoms with van der Waals surface area (Å²) in [6, 6.07) is 18.6. The first-order valence-corrected chi connectivity index (χ1v) is 11.3. The van der Waals surface area contributed by atoms with E-state index in [2.05, 4.69) is 10.2 Å². The fourth-order valence-corrected chi connectivity index (χ4v) is 4.92. The van der Waals surface area contributed by atoms with Crippen molar-refractivity contribution in [2.45, 2.75) is 11.6 Å². The normalized spacial score (nSPS) is 13.3. The minimum atomic E-state index is -0.427. The van der Waals surface area contributed by atoms with Gasteiger partial charge in [-0.1, -0.05) is 48.2 Å². The van der Waals surface area contributed by atoms with E-state index >= 15 is 0 Å². The molecule has 6 rings (SSSR count). The molecule has 0 aliphatic carbocycles. The predicted octanol–water partition coefficient (Wildman–Crippen LogP) is 3.19. The third-order valence-corrected chi connectivity index (χ3v) is 6.71. The lowest BCUT2D eigenvalue weighted by Crippen LogP contribution is -2.21. The van der Waals surface area contributed by atoms with E-state index in [-0.39, 0.29) is 5.56 Å². The molecule has 4 heterocycles. The molecular weight excluding hydrogens is 438 g/mol. The van der Waals surface area contributed by atoms with Crippen LogP contribution in [0.1, 0.15) is 17.0 Å². The summed E-state index contributed by atoms with van der Waals surface area (Å²) < 4.78 is 8.78. The first-order valence-electron chi connectivity index (χ1n) is 10.3. The molecule has 9 heteroatoms. The maximum atomic E-state index is 12.6. The van der Waals surface area contributed by atoms with E-state index < -0.39 is 5.63 Å². The van der Waals surface area contributed by atoms with E-state index in [4.69, 9.17) is 9.52 Å². The van der Waals surface area contributed by atoms with Gasteiger partial charge >= 0.3 is 5.63 Å². The number of aromatic nitrogens is 4. The number of nitrogens with zero attached hydrogens (tertiary/aromatic N) is 5. The highest BCUT2D eigenvalue weighted by Gasteiger charge is 2.23. The summed E-state index contributed by atoms with van der Waals surface area (Å²) in [5.74, 6) is 1.08. The van der Waals surface area contributed by atoms with Crippen molar-refractivity contribution < 1.29 is 4.42 Å². The van der Waals surface area contributed by atoms with Gasteiger partial charge in [-0.05, 0) is 23.8 Å². The van der Waals surface area contributed by atoms with Crippen molar-refractivity contribution in [3.63, 3.8) is 0 Å². The standard InChI is InChI=1S/C24H17N5O3S/c1-28-19-8-4-3-7-16(19)15(12-22(28)30)11-21-25-26-24-29(21)27-18(13-33-24)17-10-14-6-2-5-9-20(14)32-23(17)31/h2-10,12H,11,13H2,1H3. The fourth-order valence-electron chi connectivity index (χ4n) is 4.07. The molecule has 8 nitrogen and oxygen atoms in total. The van der Waals surface area contributed by atoms with Crippen LogP contribution in [0.5, 0.6) is 0 Å². The summed E-state index contributed by atoms with van der Waals surface area (Å²) in [5, 5.41) is 15.7. The van der Waals surface area contributed by atoms with E-state index in [9.17, 15) is 9.59 Å². The number of pyridine rings is 1. The topological polar surface area (TPSA) is 95.3 Å². The summed E-state index contributed by atoms with van der Waals surface area (Å²) >= 11 is 1.46. The first-order chi connectivity index (χ1) is 16.1. The number of rotatable bonds is 3. The highest BCUT2D eigenvalue weighted by molar-refractivity contribution is 7.99. The summed E-state index contributed by atoms with van der Waals surface area (Å²) in [5.41, 5.74) is 2.75. The first kappa shape index (κ1) is 19.7. The molecular formula is C24H17N5O3S. The average molecular weight is 455 g/mol. The predicted molar refractivity (Wildman–Crippen MR) is 127 cm³/mol. The van der Waals surface area contributed by atoms with Gasteiger partial charge in [-0.2, -0.15) is 9.78 Å². The molecule has 2 aromatic carbocycles. The number of fused-ring (bicyclic) bond motifs is 3. The van der Waals surface area contributed by atoms with Crippen LogP contribution in [0.3, 0.4) is 0 Å². The van der Waals surface area contributed by atoms with Gasteiger partial charge in [0.05, 0.1) is 16.8 Å². The Hall–Kier alpha value is -3.98. The molecule has 1 aliphatic heterocycles. The Morgan fingerprint density at radius 2 is 1.85 bits per heavy atom. The minimum Gasteiger partial charge on any atom is -0.422 e. The van der Waals surface area contributed by atoms with Gasteiger partial charge in [0.25, 0.3) is 5.56 Å². The molecule has 0 unspecified atom stereocenters.